The Balaban J connectivity index is 2.12. The van der Waals surface area contributed by atoms with Gasteiger partial charge in [-0.15, -0.1) is 0 Å². The third-order valence-electron chi connectivity index (χ3n) is 4.45. The van der Waals surface area contributed by atoms with Crippen LogP contribution in [-0.4, -0.2) is 50.8 Å². The lowest BCUT2D eigenvalue weighted by Crippen LogP contribution is -2.36. The SMILES string of the molecule is COCCOCC1=C(C(=O)OC)C(c2ccc(Cl)cc2Br)N=C(c2ncccc2F)N1. The zero-order valence-corrected chi connectivity index (χ0v) is 19.2. The summed E-state index contributed by atoms with van der Waals surface area (Å²) in [5.41, 5.74) is 1.30. The van der Waals surface area contributed by atoms with Crippen molar-refractivity contribution in [2.75, 3.05) is 34.0 Å². The van der Waals surface area contributed by atoms with Crippen molar-refractivity contribution in [3.63, 3.8) is 0 Å². The van der Waals surface area contributed by atoms with E-state index in [9.17, 15) is 9.18 Å². The molecule has 1 unspecified atom stereocenters. The number of amidine groups is 1. The summed E-state index contributed by atoms with van der Waals surface area (Å²) in [4.78, 5) is 21.4. The molecule has 3 rings (SSSR count). The van der Waals surface area contributed by atoms with Gasteiger partial charge in [-0.2, -0.15) is 0 Å². The molecule has 0 spiro atoms. The van der Waals surface area contributed by atoms with E-state index in [2.05, 4.69) is 31.2 Å². The van der Waals surface area contributed by atoms with Crippen LogP contribution in [0.1, 0.15) is 17.3 Å². The molecule has 164 valence electrons. The van der Waals surface area contributed by atoms with Gasteiger partial charge < -0.3 is 19.5 Å². The number of halogens is 3. The van der Waals surface area contributed by atoms with Crippen LogP contribution >= 0.6 is 27.5 Å². The van der Waals surface area contributed by atoms with Crippen LogP contribution in [-0.2, 0) is 19.0 Å². The first kappa shape index (κ1) is 23.3. The molecule has 0 aliphatic carbocycles. The number of pyridine rings is 1. The lowest BCUT2D eigenvalue weighted by atomic mass is 9.95. The van der Waals surface area contributed by atoms with Crippen molar-refractivity contribution in [3.05, 3.63) is 74.4 Å². The Kier molecular flexibility index (Phi) is 8.14. The summed E-state index contributed by atoms with van der Waals surface area (Å²) in [5.74, 6) is -0.972. The van der Waals surface area contributed by atoms with E-state index in [0.717, 1.165) is 0 Å². The maximum Gasteiger partial charge on any atom is 0.338 e. The van der Waals surface area contributed by atoms with E-state index in [4.69, 9.17) is 25.8 Å². The average molecular weight is 513 g/mol. The van der Waals surface area contributed by atoms with E-state index in [0.29, 0.717) is 34.0 Å². The predicted molar refractivity (Wildman–Crippen MR) is 117 cm³/mol. The van der Waals surface area contributed by atoms with Crippen molar-refractivity contribution in [3.8, 4) is 0 Å². The maximum absolute atomic E-state index is 14.5. The second-order valence-electron chi connectivity index (χ2n) is 6.43. The first-order valence-electron chi connectivity index (χ1n) is 9.25. The van der Waals surface area contributed by atoms with E-state index in [1.807, 2.05) is 0 Å². The summed E-state index contributed by atoms with van der Waals surface area (Å²) in [6.45, 7) is 0.710. The maximum atomic E-state index is 14.5. The molecule has 0 fully saturated rings. The molecule has 0 radical (unpaired) electrons. The predicted octanol–water partition coefficient (Wildman–Crippen LogP) is 3.82. The molecule has 0 bridgehead atoms. The van der Waals surface area contributed by atoms with Crippen LogP contribution in [0.4, 0.5) is 4.39 Å². The summed E-state index contributed by atoms with van der Waals surface area (Å²) in [5, 5.41) is 3.51. The number of ether oxygens (including phenoxy) is 3. The van der Waals surface area contributed by atoms with Gasteiger partial charge in [0, 0.05) is 22.8 Å². The third-order valence-corrected chi connectivity index (χ3v) is 5.37. The Labute approximate surface area is 192 Å². The van der Waals surface area contributed by atoms with Crippen molar-refractivity contribution in [2.45, 2.75) is 6.04 Å². The Morgan fingerprint density at radius 2 is 2.10 bits per heavy atom. The first-order chi connectivity index (χ1) is 15.0. The number of rotatable bonds is 8. The van der Waals surface area contributed by atoms with Gasteiger partial charge in [0.05, 0.1) is 38.2 Å². The number of carbonyl (C=O) groups excluding carboxylic acids is 1. The molecule has 0 saturated carbocycles. The third kappa shape index (κ3) is 5.48. The molecule has 1 aromatic heterocycles. The monoisotopic (exact) mass is 511 g/mol. The van der Waals surface area contributed by atoms with Crippen LogP contribution in [0.5, 0.6) is 0 Å². The van der Waals surface area contributed by atoms with Crippen molar-refractivity contribution in [1.29, 1.82) is 0 Å². The number of hydrogen-bond acceptors (Lipinski definition) is 7. The molecule has 1 aliphatic heterocycles. The number of benzene rings is 1. The van der Waals surface area contributed by atoms with Crippen LogP contribution in [0.15, 0.2) is 57.3 Å². The smallest absolute Gasteiger partial charge is 0.338 e. The molecule has 31 heavy (non-hydrogen) atoms. The molecular formula is C21H20BrClFN3O4. The fraction of sp³-hybridized carbons (Fsp3) is 0.286. The van der Waals surface area contributed by atoms with Crippen molar-refractivity contribution >= 4 is 39.3 Å². The largest absolute Gasteiger partial charge is 0.466 e. The highest BCUT2D eigenvalue weighted by Crippen LogP contribution is 2.37. The number of aliphatic imine (C=N–C) groups is 1. The van der Waals surface area contributed by atoms with Gasteiger partial charge in [-0.1, -0.05) is 33.6 Å². The zero-order chi connectivity index (χ0) is 22.4. The second-order valence-corrected chi connectivity index (χ2v) is 7.72. The fourth-order valence-corrected chi connectivity index (χ4v) is 3.90. The summed E-state index contributed by atoms with van der Waals surface area (Å²) in [7, 11) is 2.84. The molecular weight excluding hydrogens is 493 g/mol. The van der Waals surface area contributed by atoms with Crippen LogP contribution in [0.25, 0.3) is 0 Å². The molecule has 0 amide bonds. The van der Waals surface area contributed by atoms with Gasteiger partial charge in [-0.05, 0) is 29.8 Å². The lowest BCUT2D eigenvalue weighted by Gasteiger charge is -2.28. The van der Waals surface area contributed by atoms with E-state index in [-0.39, 0.29) is 23.7 Å². The number of aromatic nitrogens is 1. The minimum Gasteiger partial charge on any atom is -0.466 e. The summed E-state index contributed by atoms with van der Waals surface area (Å²) in [6, 6.07) is 7.08. The average Bonchev–Trinajstić information content (AvgIpc) is 2.76. The Hall–Kier alpha value is -2.33. The summed E-state index contributed by atoms with van der Waals surface area (Å²) >= 11 is 9.56. The Bertz CT molecular complexity index is 1030. The normalized spacial score (nSPS) is 16.0. The molecule has 1 N–H and O–H groups in total. The number of hydrogen-bond donors (Lipinski definition) is 1. The van der Waals surface area contributed by atoms with Gasteiger partial charge in [0.15, 0.2) is 11.7 Å². The molecule has 1 atom stereocenters. The van der Waals surface area contributed by atoms with Crippen LogP contribution in [0.2, 0.25) is 5.02 Å². The van der Waals surface area contributed by atoms with E-state index in [1.54, 1.807) is 25.3 Å². The van der Waals surface area contributed by atoms with Gasteiger partial charge in [-0.25, -0.2) is 14.2 Å². The van der Waals surface area contributed by atoms with Gasteiger partial charge in [0.2, 0.25) is 0 Å². The van der Waals surface area contributed by atoms with Gasteiger partial charge in [0.25, 0.3) is 0 Å². The molecule has 2 heterocycles. The van der Waals surface area contributed by atoms with Crippen molar-refractivity contribution < 1.29 is 23.4 Å². The highest BCUT2D eigenvalue weighted by Gasteiger charge is 2.34. The minimum atomic E-state index is -0.808. The van der Waals surface area contributed by atoms with Crippen molar-refractivity contribution in [1.82, 2.24) is 10.3 Å². The molecule has 10 heteroatoms. The number of nitrogens with one attached hydrogen (secondary N) is 1. The molecule has 1 aliphatic rings. The second kappa shape index (κ2) is 10.8. The van der Waals surface area contributed by atoms with Crippen molar-refractivity contribution in [2.24, 2.45) is 4.99 Å². The highest BCUT2D eigenvalue weighted by molar-refractivity contribution is 9.10. The standard InChI is InChI=1S/C21H20BrClFN3O4/c1-29-8-9-31-11-16-17(21(28)30-2)18(13-6-5-12(23)10-14(13)22)27-20(26-16)19-15(24)4-3-7-25-19/h3-7,10,18H,8-9,11H2,1-2H3,(H,26,27). The van der Waals surface area contributed by atoms with E-state index in [1.165, 1.54) is 25.4 Å². The quantitative estimate of drug-likeness (QED) is 0.428. The Morgan fingerprint density at radius 1 is 1.29 bits per heavy atom. The van der Waals surface area contributed by atoms with E-state index < -0.39 is 17.8 Å². The molecule has 7 nitrogen and oxygen atoms in total. The number of nitrogens with zero attached hydrogens (tertiary/aromatic N) is 2. The van der Waals surface area contributed by atoms with Crippen LogP contribution < -0.4 is 5.32 Å². The summed E-state index contributed by atoms with van der Waals surface area (Å²) in [6.07, 6.45) is 1.46. The van der Waals surface area contributed by atoms with Gasteiger partial charge >= 0.3 is 5.97 Å². The lowest BCUT2D eigenvalue weighted by molar-refractivity contribution is -0.136. The highest BCUT2D eigenvalue weighted by atomic mass is 79.9. The summed E-state index contributed by atoms with van der Waals surface area (Å²) < 4.78 is 30.7. The van der Waals surface area contributed by atoms with Gasteiger partial charge in [-0.3, -0.25) is 4.99 Å². The van der Waals surface area contributed by atoms with Gasteiger partial charge in [0.1, 0.15) is 11.7 Å². The van der Waals surface area contributed by atoms with E-state index >= 15 is 0 Å². The first-order valence-corrected chi connectivity index (χ1v) is 10.4. The zero-order valence-electron chi connectivity index (χ0n) is 16.8. The molecule has 0 saturated heterocycles. The number of methoxy groups -OCH3 is 2. The molecule has 1 aromatic carbocycles. The molecule has 2 aromatic rings. The topological polar surface area (TPSA) is 82.0 Å². The Morgan fingerprint density at radius 3 is 2.77 bits per heavy atom. The minimum absolute atomic E-state index is 0.0240. The fourth-order valence-electron chi connectivity index (χ4n) is 3.00. The number of esters is 1. The number of carbonyl (C=O) groups is 1. The van der Waals surface area contributed by atoms with Crippen LogP contribution in [0, 0.1) is 5.82 Å². The van der Waals surface area contributed by atoms with Crippen LogP contribution in [0.3, 0.4) is 0 Å².